The van der Waals surface area contributed by atoms with E-state index in [4.69, 9.17) is 16.0 Å². The van der Waals surface area contributed by atoms with Crippen molar-refractivity contribution in [3.8, 4) is 0 Å². The van der Waals surface area contributed by atoms with Gasteiger partial charge in [-0.3, -0.25) is 4.79 Å². The highest BCUT2D eigenvalue weighted by molar-refractivity contribution is 6.30. The summed E-state index contributed by atoms with van der Waals surface area (Å²) >= 11 is 5.67. The van der Waals surface area contributed by atoms with Crippen LogP contribution in [0.15, 0.2) is 53.1 Å². The molecule has 3 rings (SSSR count). The van der Waals surface area contributed by atoms with Gasteiger partial charge in [-0.25, -0.2) is 4.39 Å². The Bertz CT molecular complexity index is 777. The van der Waals surface area contributed by atoms with Gasteiger partial charge in [0.2, 0.25) is 0 Å². The molecule has 94 valence electrons. The highest BCUT2D eigenvalue weighted by Gasteiger charge is 2.18. The number of rotatable bonds is 2. The van der Waals surface area contributed by atoms with E-state index in [0.29, 0.717) is 16.5 Å². The van der Waals surface area contributed by atoms with Gasteiger partial charge in [0.15, 0.2) is 5.78 Å². The summed E-state index contributed by atoms with van der Waals surface area (Å²) in [7, 11) is 0. The van der Waals surface area contributed by atoms with Crippen molar-refractivity contribution in [1.29, 1.82) is 0 Å². The van der Waals surface area contributed by atoms with E-state index in [1.807, 2.05) is 6.07 Å². The molecule has 0 bridgehead atoms. The second-order valence-electron chi connectivity index (χ2n) is 4.10. The van der Waals surface area contributed by atoms with Crippen molar-refractivity contribution in [3.63, 3.8) is 0 Å². The molecule has 0 radical (unpaired) electrons. The van der Waals surface area contributed by atoms with E-state index in [2.05, 4.69) is 0 Å². The molecule has 0 unspecified atom stereocenters. The topological polar surface area (TPSA) is 30.2 Å². The molecule has 0 aliphatic carbocycles. The first kappa shape index (κ1) is 11.9. The van der Waals surface area contributed by atoms with E-state index in [1.54, 1.807) is 18.2 Å². The lowest BCUT2D eigenvalue weighted by Gasteiger charge is -2.01. The highest BCUT2D eigenvalue weighted by atomic mass is 35.5. The number of benzene rings is 2. The van der Waals surface area contributed by atoms with Crippen LogP contribution in [0.1, 0.15) is 15.9 Å². The predicted molar refractivity (Wildman–Crippen MR) is 71.1 cm³/mol. The zero-order valence-electron chi connectivity index (χ0n) is 9.69. The molecule has 3 aromatic rings. The molecule has 1 aromatic heterocycles. The number of hydrogen-bond acceptors (Lipinski definition) is 2. The Morgan fingerprint density at radius 3 is 2.68 bits per heavy atom. The van der Waals surface area contributed by atoms with Crippen LogP contribution >= 0.6 is 11.6 Å². The molecule has 0 saturated carbocycles. The molecule has 2 aromatic carbocycles. The number of carbonyl (C=O) groups is 1. The zero-order valence-corrected chi connectivity index (χ0v) is 10.4. The lowest BCUT2D eigenvalue weighted by molar-refractivity contribution is 0.103. The van der Waals surface area contributed by atoms with Gasteiger partial charge >= 0.3 is 0 Å². The number of fused-ring (bicyclic) bond motifs is 1. The Balaban J connectivity index is 2.13. The number of halogens is 2. The van der Waals surface area contributed by atoms with Gasteiger partial charge in [0.05, 0.1) is 11.1 Å². The lowest BCUT2D eigenvalue weighted by atomic mass is 10.0. The van der Waals surface area contributed by atoms with Gasteiger partial charge in [0.1, 0.15) is 17.7 Å². The monoisotopic (exact) mass is 274 g/mol. The fourth-order valence-electron chi connectivity index (χ4n) is 1.97. The van der Waals surface area contributed by atoms with Crippen LogP contribution < -0.4 is 0 Å². The third-order valence-corrected chi connectivity index (χ3v) is 3.14. The van der Waals surface area contributed by atoms with E-state index in [9.17, 15) is 9.18 Å². The van der Waals surface area contributed by atoms with Crippen LogP contribution in [-0.2, 0) is 0 Å². The van der Waals surface area contributed by atoms with Crippen LogP contribution in [0.25, 0.3) is 11.0 Å². The molecule has 0 amide bonds. The summed E-state index contributed by atoms with van der Waals surface area (Å²) in [5, 5.41) is 0.924. The number of furan rings is 1. The summed E-state index contributed by atoms with van der Waals surface area (Å²) in [6.45, 7) is 0. The molecule has 4 heteroatoms. The van der Waals surface area contributed by atoms with Crippen molar-refractivity contribution in [2.45, 2.75) is 0 Å². The van der Waals surface area contributed by atoms with E-state index >= 15 is 0 Å². The van der Waals surface area contributed by atoms with Crippen LogP contribution in [-0.4, -0.2) is 5.78 Å². The van der Waals surface area contributed by atoms with Crippen LogP contribution in [0.5, 0.6) is 0 Å². The van der Waals surface area contributed by atoms with E-state index < -0.39 is 11.6 Å². The largest absolute Gasteiger partial charge is 0.464 e. The molecule has 0 fully saturated rings. The van der Waals surface area contributed by atoms with Gasteiger partial charge in [-0.2, -0.15) is 0 Å². The molecule has 0 atom stereocenters. The Morgan fingerprint density at radius 1 is 1.11 bits per heavy atom. The quantitative estimate of drug-likeness (QED) is 0.646. The lowest BCUT2D eigenvalue weighted by Crippen LogP contribution is -2.03. The second-order valence-corrected chi connectivity index (χ2v) is 4.54. The van der Waals surface area contributed by atoms with Crippen LogP contribution in [0.3, 0.4) is 0 Å². The van der Waals surface area contributed by atoms with E-state index in [-0.39, 0.29) is 10.6 Å². The molecular weight excluding hydrogens is 267 g/mol. The number of para-hydroxylation sites is 1. The minimum absolute atomic E-state index is 0.0176. The Hall–Kier alpha value is -2.13. The normalized spacial score (nSPS) is 10.8. The molecule has 19 heavy (non-hydrogen) atoms. The van der Waals surface area contributed by atoms with Crippen LogP contribution in [0.2, 0.25) is 5.02 Å². The summed E-state index contributed by atoms with van der Waals surface area (Å²) < 4.78 is 19.0. The Kier molecular flexibility index (Phi) is 2.84. The SMILES string of the molecule is O=C(c1ccc(Cl)cc1F)c1coc2ccccc12. The first-order valence-electron chi connectivity index (χ1n) is 5.63. The predicted octanol–water partition coefficient (Wildman–Crippen LogP) is 4.46. The average molecular weight is 275 g/mol. The van der Waals surface area contributed by atoms with Gasteiger partial charge in [-0.1, -0.05) is 29.8 Å². The minimum atomic E-state index is -0.636. The molecule has 0 N–H and O–H groups in total. The molecule has 0 aliphatic rings. The van der Waals surface area contributed by atoms with Crippen molar-refractivity contribution in [3.05, 3.63) is 70.7 Å². The van der Waals surface area contributed by atoms with Gasteiger partial charge in [-0.05, 0) is 24.3 Å². The van der Waals surface area contributed by atoms with Crippen molar-refractivity contribution >= 4 is 28.4 Å². The van der Waals surface area contributed by atoms with Crippen molar-refractivity contribution in [2.75, 3.05) is 0 Å². The fraction of sp³-hybridized carbons (Fsp3) is 0. The van der Waals surface area contributed by atoms with Crippen LogP contribution in [0.4, 0.5) is 4.39 Å². The maximum absolute atomic E-state index is 13.8. The third kappa shape index (κ3) is 2.02. The van der Waals surface area contributed by atoms with Gasteiger partial charge in [0.25, 0.3) is 0 Å². The van der Waals surface area contributed by atoms with Gasteiger partial charge < -0.3 is 4.42 Å². The molecule has 2 nitrogen and oxygen atoms in total. The van der Waals surface area contributed by atoms with Crippen molar-refractivity contribution < 1.29 is 13.6 Å². The maximum atomic E-state index is 13.8. The summed E-state index contributed by atoms with van der Waals surface area (Å²) in [5.41, 5.74) is 0.924. The fourth-order valence-corrected chi connectivity index (χ4v) is 2.13. The molecule has 0 spiro atoms. The highest BCUT2D eigenvalue weighted by Crippen LogP contribution is 2.25. The van der Waals surface area contributed by atoms with Crippen molar-refractivity contribution in [2.24, 2.45) is 0 Å². The minimum Gasteiger partial charge on any atom is -0.464 e. The molecule has 0 aliphatic heterocycles. The van der Waals surface area contributed by atoms with E-state index in [1.165, 1.54) is 18.4 Å². The van der Waals surface area contributed by atoms with Crippen LogP contribution in [0, 0.1) is 5.82 Å². The smallest absolute Gasteiger partial charge is 0.199 e. The summed E-state index contributed by atoms with van der Waals surface area (Å²) in [6, 6.07) is 11.1. The molecule has 1 heterocycles. The average Bonchev–Trinajstić information content (AvgIpc) is 2.82. The standard InChI is InChI=1S/C15H8ClFO2/c16-9-5-6-11(13(17)7-9)15(18)12-8-19-14-4-2-1-3-10(12)14/h1-8H. The Morgan fingerprint density at radius 2 is 1.89 bits per heavy atom. The molecular formula is C15H8ClFO2. The first-order valence-corrected chi connectivity index (χ1v) is 6.00. The summed E-state index contributed by atoms with van der Waals surface area (Å²) in [4.78, 5) is 12.3. The third-order valence-electron chi connectivity index (χ3n) is 2.90. The summed E-state index contributed by atoms with van der Waals surface area (Å²) in [5.74, 6) is -1.05. The van der Waals surface area contributed by atoms with Crippen molar-refractivity contribution in [1.82, 2.24) is 0 Å². The van der Waals surface area contributed by atoms with E-state index in [0.717, 1.165) is 6.07 Å². The zero-order chi connectivity index (χ0) is 13.4. The number of hydrogen-bond donors (Lipinski definition) is 0. The summed E-state index contributed by atoms with van der Waals surface area (Å²) in [6.07, 6.45) is 1.35. The van der Waals surface area contributed by atoms with Gasteiger partial charge in [0, 0.05) is 10.4 Å². The second kappa shape index (κ2) is 4.52. The maximum Gasteiger partial charge on any atom is 0.199 e. The number of ketones is 1. The first-order chi connectivity index (χ1) is 9.16. The van der Waals surface area contributed by atoms with Gasteiger partial charge in [-0.15, -0.1) is 0 Å². The molecule has 0 saturated heterocycles. The number of carbonyl (C=O) groups excluding carboxylic acids is 1. The Labute approximate surface area is 113 Å².